The van der Waals surface area contributed by atoms with Gasteiger partial charge in [-0.05, 0) is 32.6 Å². The van der Waals surface area contributed by atoms with Gasteiger partial charge in [0.25, 0.3) is 11.6 Å². The molecule has 0 fully saturated rings. The molecule has 98 valence electrons. The fourth-order valence-electron chi connectivity index (χ4n) is 1.29. The van der Waals surface area contributed by atoms with Crippen LogP contribution in [0.4, 0.5) is 5.69 Å². The summed E-state index contributed by atoms with van der Waals surface area (Å²) in [6.45, 7) is 5.26. The SMILES string of the molecule is CC(C)(C)NC(=O)c1cc(Br)cc([N+](=O)[O-])c1[O-]. The molecule has 0 unspecified atom stereocenters. The molecule has 0 aliphatic rings. The number of rotatable bonds is 2. The van der Waals surface area contributed by atoms with Gasteiger partial charge in [-0.15, -0.1) is 0 Å². The first kappa shape index (κ1) is 14.4. The maximum absolute atomic E-state index is 11.9. The number of amides is 1. The summed E-state index contributed by atoms with van der Waals surface area (Å²) in [7, 11) is 0. The molecule has 0 atom stereocenters. The van der Waals surface area contributed by atoms with Crippen molar-refractivity contribution in [2.45, 2.75) is 26.3 Å². The van der Waals surface area contributed by atoms with Crippen molar-refractivity contribution in [3.8, 4) is 5.75 Å². The molecule has 0 aromatic heterocycles. The molecule has 1 amide bonds. The van der Waals surface area contributed by atoms with Gasteiger partial charge in [-0.1, -0.05) is 15.9 Å². The second-order valence-electron chi connectivity index (χ2n) is 4.76. The molecule has 6 nitrogen and oxygen atoms in total. The van der Waals surface area contributed by atoms with Crippen LogP contribution in [0.15, 0.2) is 16.6 Å². The maximum Gasteiger partial charge on any atom is 0.263 e. The third-order valence-electron chi connectivity index (χ3n) is 1.96. The Bertz CT molecular complexity index is 509. The van der Waals surface area contributed by atoms with E-state index in [2.05, 4.69) is 21.2 Å². The Hall–Kier alpha value is -1.63. The zero-order chi connectivity index (χ0) is 14.1. The van der Waals surface area contributed by atoms with Crippen molar-refractivity contribution in [3.63, 3.8) is 0 Å². The normalized spacial score (nSPS) is 11.1. The third-order valence-corrected chi connectivity index (χ3v) is 2.42. The average Bonchev–Trinajstić information content (AvgIpc) is 2.17. The molecule has 1 N–H and O–H groups in total. The van der Waals surface area contributed by atoms with Crippen molar-refractivity contribution in [1.29, 1.82) is 0 Å². The monoisotopic (exact) mass is 315 g/mol. The fraction of sp³-hybridized carbons (Fsp3) is 0.364. The standard InChI is InChI=1S/C11H13BrN2O4/c1-11(2,3)13-10(16)7-4-6(12)5-8(9(7)15)14(17)18/h4-5,15H,1-3H3,(H,13,16)/p-1. The molecule has 0 aliphatic carbocycles. The molecular weight excluding hydrogens is 304 g/mol. The minimum absolute atomic E-state index is 0.244. The number of nitro benzene ring substituents is 1. The zero-order valence-electron chi connectivity index (χ0n) is 10.1. The molecule has 0 spiro atoms. The predicted octanol–water partition coefficient (Wildman–Crippen LogP) is 1.96. The maximum atomic E-state index is 11.9. The Morgan fingerprint density at radius 3 is 2.39 bits per heavy atom. The van der Waals surface area contributed by atoms with Gasteiger partial charge in [0, 0.05) is 21.6 Å². The lowest BCUT2D eigenvalue weighted by Gasteiger charge is -2.22. The molecule has 7 heteroatoms. The van der Waals surface area contributed by atoms with Crippen LogP contribution in [-0.2, 0) is 0 Å². The molecule has 0 bridgehead atoms. The first-order valence-corrected chi connectivity index (χ1v) is 5.88. The Morgan fingerprint density at radius 2 is 1.94 bits per heavy atom. The van der Waals surface area contributed by atoms with Crippen LogP contribution in [0.25, 0.3) is 0 Å². The van der Waals surface area contributed by atoms with E-state index in [1.165, 1.54) is 6.07 Å². The second kappa shape index (κ2) is 4.93. The molecule has 0 aliphatic heterocycles. The summed E-state index contributed by atoms with van der Waals surface area (Å²) in [5, 5.41) is 25.0. The number of halogens is 1. The second-order valence-corrected chi connectivity index (χ2v) is 5.68. The summed E-state index contributed by atoms with van der Waals surface area (Å²) in [5.41, 5.74) is -1.39. The van der Waals surface area contributed by atoms with Gasteiger partial charge in [0.05, 0.1) is 4.92 Å². The Balaban J connectivity index is 3.25. The molecule has 0 saturated heterocycles. The number of nitrogens with one attached hydrogen (secondary N) is 1. The lowest BCUT2D eigenvalue weighted by Crippen LogP contribution is -2.40. The molecule has 1 rings (SSSR count). The summed E-state index contributed by atoms with van der Waals surface area (Å²) >= 11 is 3.04. The van der Waals surface area contributed by atoms with Gasteiger partial charge in [0.15, 0.2) is 0 Å². The number of nitrogens with zero attached hydrogens (tertiary/aromatic N) is 1. The highest BCUT2D eigenvalue weighted by Crippen LogP contribution is 2.31. The lowest BCUT2D eigenvalue weighted by atomic mass is 10.1. The van der Waals surface area contributed by atoms with E-state index >= 15 is 0 Å². The van der Waals surface area contributed by atoms with E-state index in [1.807, 2.05) is 0 Å². The number of nitro groups is 1. The number of hydrogen-bond donors (Lipinski definition) is 1. The van der Waals surface area contributed by atoms with Gasteiger partial charge >= 0.3 is 0 Å². The van der Waals surface area contributed by atoms with E-state index in [0.29, 0.717) is 4.47 Å². The molecule has 18 heavy (non-hydrogen) atoms. The van der Waals surface area contributed by atoms with E-state index in [4.69, 9.17) is 0 Å². The molecule has 0 heterocycles. The van der Waals surface area contributed by atoms with Crippen LogP contribution >= 0.6 is 15.9 Å². The summed E-state index contributed by atoms with van der Waals surface area (Å²) in [5.74, 6) is -1.51. The van der Waals surface area contributed by atoms with Crippen LogP contribution in [0, 0.1) is 10.1 Å². The van der Waals surface area contributed by atoms with E-state index in [0.717, 1.165) is 6.07 Å². The first-order valence-electron chi connectivity index (χ1n) is 5.09. The van der Waals surface area contributed by atoms with Crippen LogP contribution in [-0.4, -0.2) is 16.4 Å². The highest BCUT2D eigenvalue weighted by atomic mass is 79.9. The van der Waals surface area contributed by atoms with Gasteiger partial charge in [-0.3, -0.25) is 14.9 Å². The van der Waals surface area contributed by atoms with Crippen molar-refractivity contribution in [3.05, 3.63) is 32.3 Å². The largest absolute Gasteiger partial charge is 0.867 e. The van der Waals surface area contributed by atoms with E-state index in [-0.39, 0.29) is 5.56 Å². The van der Waals surface area contributed by atoms with Crippen LogP contribution < -0.4 is 10.4 Å². The van der Waals surface area contributed by atoms with Crippen molar-refractivity contribution in [1.82, 2.24) is 5.32 Å². The van der Waals surface area contributed by atoms with Crippen molar-refractivity contribution < 1.29 is 14.8 Å². The molecule has 0 saturated carbocycles. The van der Waals surface area contributed by atoms with Crippen molar-refractivity contribution in [2.75, 3.05) is 0 Å². The highest BCUT2D eigenvalue weighted by Gasteiger charge is 2.20. The Kier molecular flexibility index (Phi) is 3.95. The van der Waals surface area contributed by atoms with Crippen LogP contribution in [0.5, 0.6) is 5.75 Å². The molecular formula is C11H12BrN2O4-. The smallest absolute Gasteiger partial charge is 0.263 e. The van der Waals surface area contributed by atoms with Crippen LogP contribution in [0.2, 0.25) is 0 Å². The summed E-state index contributed by atoms with van der Waals surface area (Å²) in [6.07, 6.45) is 0. The number of hydrogen-bond acceptors (Lipinski definition) is 4. The van der Waals surface area contributed by atoms with E-state index in [9.17, 15) is 20.0 Å². The van der Waals surface area contributed by atoms with Crippen LogP contribution in [0.3, 0.4) is 0 Å². The Morgan fingerprint density at radius 1 is 1.39 bits per heavy atom. The van der Waals surface area contributed by atoms with E-state index in [1.54, 1.807) is 20.8 Å². The average molecular weight is 316 g/mol. The quantitative estimate of drug-likeness (QED) is 0.666. The topological polar surface area (TPSA) is 95.3 Å². The Labute approximate surface area is 112 Å². The number of carbonyl (C=O) groups excluding carboxylic acids is 1. The number of carbonyl (C=O) groups is 1. The number of benzene rings is 1. The molecule has 1 aromatic rings. The predicted molar refractivity (Wildman–Crippen MR) is 67.5 cm³/mol. The van der Waals surface area contributed by atoms with Gasteiger partial charge in [-0.2, -0.15) is 0 Å². The first-order chi connectivity index (χ1) is 8.11. The molecule has 0 radical (unpaired) electrons. The third kappa shape index (κ3) is 3.43. The minimum atomic E-state index is -0.884. The van der Waals surface area contributed by atoms with Crippen molar-refractivity contribution >= 4 is 27.5 Å². The lowest BCUT2D eigenvalue weighted by molar-refractivity contribution is -0.398. The van der Waals surface area contributed by atoms with Gasteiger partial charge in [-0.25, -0.2) is 0 Å². The van der Waals surface area contributed by atoms with Crippen LogP contribution in [0.1, 0.15) is 31.1 Å². The zero-order valence-corrected chi connectivity index (χ0v) is 11.7. The highest BCUT2D eigenvalue weighted by molar-refractivity contribution is 9.10. The van der Waals surface area contributed by atoms with E-state index < -0.39 is 27.8 Å². The minimum Gasteiger partial charge on any atom is -0.867 e. The van der Waals surface area contributed by atoms with Gasteiger partial charge < -0.3 is 10.4 Å². The fourth-order valence-corrected chi connectivity index (χ4v) is 1.74. The summed E-state index contributed by atoms with van der Waals surface area (Å²) in [6, 6.07) is 2.35. The van der Waals surface area contributed by atoms with Crippen molar-refractivity contribution in [2.24, 2.45) is 0 Å². The summed E-state index contributed by atoms with van der Waals surface area (Å²) < 4.78 is 0.313. The summed E-state index contributed by atoms with van der Waals surface area (Å²) in [4.78, 5) is 21.7. The van der Waals surface area contributed by atoms with Gasteiger partial charge in [0.1, 0.15) is 0 Å². The molecule has 1 aromatic carbocycles. The van der Waals surface area contributed by atoms with Gasteiger partial charge in [0.2, 0.25) is 0 Å².